The first-order valence-electron chi connectivity index (χ1n) is 24.3. The van der Waals surface area contributed by atoms with E-state index in [0.717, 1.165) is 23.5 Å². The largest absolute Gasteiger partial charge is 0.310 e. The van der Waals surface area contributed by atoms with Crippen molar-refractivity contribution in [2.75, 3.05) is 4.90 Å². The van der Waals surface area contributed by atoms with Crippen molar-refractivity contribution in [2.45, 2.75) is 71.1 Å². The third-order valence-electron chi connectivity index (χ3n) is 14.9. The predicted octanol–water partition coefficient (Wildman–Crippen LogP) is 17.7. The summed E-state index contributed by atoms with van der Waals surface area (Å²) in [6, 6.07) is 64.1. The van der Waals surface area contributed by atoms with Gasteiger partial charge in [0.05, 0.1) is 0 Å². The zero-order valence-electron chi connectivity index (χ0n) is 40.1. The van der Waals surface area contributed by atoms with Gasteiger partial charge in [0, 0.05) is 33.3 Å². The Labute approximate surface area is 399 Å². The summed E-state index contributed by atoms with van der Waals surface area (Å²) in [5, 5.41) is 0. The maximum Gasteiger partial charge on any atom is 0.0498 e. The first kappa shape index (κ1) is 43.7. The zero-order chi connectivity index (χ0) is 46.5. The molecule has 4 aliphatic rings. The highest BCUT2D eigenvalue weighted by atomic mass is 15.1. The van der Waals surface area contributed by atoms with Gasteiger partial charge in [-0.15, -0.1) is 0 Å². The van der Waals surface area contributed by atoms with Gasteiger partial charge in [0.15, 0.2) is 0 Å². The lowest BCUT2D eigenvalue weighted by molar-refractivity contribution is 0.641. The van der Waals surface area contributed by atoms with Crippen LogP contribution in [0.4, 0.5) is 17.1 Å². The molecule has 330 valence electrons. The third kappa shape index (κ3) is 7.06. The van der Waals surface area contributed by atoms with Crippen molar-refractivity contribution in [3.05, 3.63) is 275 Å². The SMILES string of the molecule is C=C/C=C1\C(=C2/CC(c3ccccc3)(c3cccc(N(c4ccc(C5=CC(C)C=CC=C5)cc4)c4ccc5c(c4)C(C)(C)c4ccccc4-5)c3)c3ccccc32)C(C)(C)c2ccccc21.CC. The van der Waals surface area contributed by atoms with Crippen molar-refractivity contribution in [3.63, 3.8) is 0 Å². The summed E-state index contributed by atoms with van der Waals surface area (Å²) in [5.74, 6) is 0.367. The van der Waals surface area contributed by atoms with E-state index in [1.807, 2.05) is 19.9 Å². The van der Waals surface area contributed by atoms with Crippen LogP contribution in [0.1, 0.15) is 105 Å². The van der Waals surface area contributed by atoms with Crippen LogP contribution in [0.3, 0.4) is 0 Å². The Kier molecular flexibility index (Phi) is 11.2. The number of anilines is 3. The fraction of sp³-hybridized carbons (Fsp3) is 0.182. The van der Waals surface area contributed by atoms with Crippen molar-refractivity contribution in [1.82, 2.24) is 0 Å². The first-order chi connectivity index (χ1) is 32.6. The molecule has 11 rings (SSSR count). The minimum Gasteiger partial charge on any atom is -0.310 e. The summed E-state index contributed by atoms with van der Waals surface area (Å²) < 4.78 is 0. The van der Waals surface area contributed by atoms with Crippen LogP contribution in [0.2, 0.25) is 0 Å². The van der Waals surface area contributed by atoms with Gasteiger partial charge in [0.1, 0.15) is 0 Å². The molecule has 67 heavy (non-hydrogen) atoms. The molecule has 0 N–H and O–H groups in total. The molecule has 7 aromatic rings. The van der Waals surface area contributed by atoms with E-state index < -0.39 is 5.41 Å². The second kappa shape index (κ2) is 17.2. The van der Waals surface area contributed by atoms with Crippen molar-refractivity contribution in [1.29, 1.82) is 0 Å². The predicted molar refractivity (Wildman–Crippen MR) is 287 cm³/mol. The lowest BCUT2D eigenvalue weighted by Crippen LogP contribution is -2.27. The number of fused-ring (bicyclic) bond motifs is 5. The van der Waals surface area contributed by atoms with Gasteiger partial charge in [-0.3, -0.25) is 0 Å². The molecule has 1 heteroatoms. The molecular formula is C66H61N. The molecule has 0 saturated heterocycles. The zero-order valence-corrected chi connectivity index (χ0v) is 40.1. The summed E-state index contributed by atoms with van der Waals surface area (Å²) >= 11 is 0. The Morgan fingerprint density at radius 3 is 1.87 bits per heavy atom. The Morgan fingerprint density at radius 1 is 0.537 bits per heavy atom. The van der Waals surface area contributed by atoms with Crippen LogP contribution in [0.15, 0.2) is 225 Å². The lowest BCUT2D eigenvalue weighted by atomic mass is 9.69. The van der Waals surface area contributed by atoms with Gasteiger partial charge in [0.2, 0.25) is 0 Å². The normalized spacial score (nSPS) is 20.7. The van der Waals surface area contributed by atoms with Crippen molar-refractivity contribution >= 4 is 33.8 Å². The van der Waals surface area contributed by atoms with E-state index in [1.165, 1.54) is 83.5 Å². The van der Waals surface area contributed by atoms with Gasteiger partial charge in [-0.2, -0.15) is 0 Å². The average Bonchev–Trinajstić information content (AvgIpc) is 3.81. The van der Waals surface area contributed by atoms with Gasteiger partial charge >= 0.3 is 0 Å². The fourth-order valence-corrected chi connectivity index (χ4v) is 11.9. The molecule has 2 unspecified atom stereocenters. The molecule has 0 fully saturated rings. The highest BCUT2D eigenvalue weighted by Gasteiger charge is 2.49. The van der Waals surface area contributed by atoms with Gasteiger partial charge < -0.3 is 4.90 Å². The number of benzene rings is 7. The van der Waals surface area contributed by atoms with E-state index in [1.54, 1.807) is 0 Å². The third-order valence-corrected chi connectivity index (χ3v) is 14.9. The second-order valence-corrected chi connectivity index (χ2v) is 19.4. The van der Waals surface area contributed by atoms with Crippen LogP contribution in [0, 0.1) is 5.92 Å². The number of nitrogens with zero attached hydrogens (tertiary/aromatic N) is 1. The molecule has 4 aliphatic carbocycles. The van der Waals surface area contributed by atoms with E-state index in [-0.39, 0.29) is 10.8 Å². The molecule has 0 saturated carbocycles. The molecule has 2 atom stereocenters. The second-order valence-electron chi connectivity index (χ2n) is 19.4. The monoisotopic (exact) mass is 867 g/mol. The van der Waals surface area contributed by atoms with Gasteiger partial charge in [-0.05, 0) is 132 Å². The lowest BCUT2D eigenvalue weighted by Gasteiger charge is -2.34. The number of rotatable bonds is 7. The quantitative estimate of drug-likeness (QED) is 0.154. The Balaban J connectivity index is 0.00000259. The summed E-state index contributed by atoms with van der Waals surface area (Å²) in [4.78, 5) is 2.48. The van der Waals surface area contributed by atoms with E-state index in [2.05, 4.69) is 252 Å². The average molecular weight is 868 g/mol. The number of hydrogen-bond donors (Lipinski definition) is 0. The molecule has 0 amide bonds. The molecule has 7 aromatic carbocycles. The Hall–Kier alpha value is -7.22. The molecule has 1 nitrogen and oxygen atoms in total. The summed E-state index contributed by atoms with van der Waals surface area (Å²) in [7, 11) is 0. The smallest absolute Gasteiger partial charge is 0.0498 e. The van der Waals surface area contributed by atoms with Crippen LogP contribution < -0.4 is 4.90 Å². The maximum atomic E-state index is 4.21. The maximum absolute atomic E-state index is 4.21. The van der Waals surface area contributed by atoms with Crippen LogP contribution in [0.25, 0.3) is 27.8 Å². The van der Waals surface area contributed by atoms with Crippen molar-refractivity contribution in [3.8, 4) is 11.1 Å². The minimum absolute atomic E-state index is 0.135. The standard InChI is InChI=1S/C64H55N.C2H6/c1-7-20-55-52-28-14-17-31-58(52)63(5,6)61(55)56-42-64(46-23-9-8-10-24-46,59-32-18-15-29-53(56)59)47-25-19-26-49(40-47)65(48-35-33-44(34-36-48)45-22-12-11-21-43(2)39-45)50-37-38-54-51-27-13-16-30-57(51)62(3,4)60(54)41-50;1-2/h7-41,43H,1,42H2,2-6H3;1-2H3/b55-20-,61-56-;. The molecule has 0 heterocycles. The van der Waals surface area contributed by atoms with Gasteiger partial charge in [-0.1, -0.05) is 231 Å². The molecule has 0 aliphatic heterocycles. The van der Waals surface area contributed by atoms with Crippen LogP contribution in [-0.4, -0.2) is 0 Å². The van der Waals surface area contributed by atoms with Gasteiger partial charge in [0.25, 0.3) is 0 Å². The fourth-order valence-electron chi connectivity index (χ4n) is 11.9. The first-order valence-corrected chi connectivity index (χ1v) is 24.3. The summed E-state index contributed by atoms with van der Waals surface area (Å²) in [6.45, 7) is 20.0. The summed E-state index contributed by atoms with van der Waals surface area (Å²) in [6.07, 6.45) is 16.2. The molecule has 0 radical (unpaired) electrons. The highest BCUT2D eigenvalue weighted by molar-refractivity contribution is 6.00. The molecular weight excluding hydrogens is 807 g/mol. The Morgan fingerprint density at radius 2 is 1.13 bits per heavy atom. The minimum atomic E-state index is -0.458. The highest BCUT2D eigenvalue weighted by Crippen LogP contribution is 2.61. The van der Waals surface area contributed by atoms with Crippen molar-refractivity contribution in [2.24, 2.45) is 5.92 Å². The van der Waals surface area contributed by atoms with E-state index >= 15 is 0 Å². The molecule has 0 spiro atoms. The summed E-state index contributed by atoms with van der Waals surface area (Å²) in [5.41, 5.74) is 22.4. The van der Waals surface area contributed by atoms with E-state index in [9.17, 15) is 0 Å². The number of allylic oxidation sites excluding steroid dienone is 11. The van der Waals surface area contributed by atoms with E-state index in [0.29, 0.717) is 5.92 Å². The topological polar surface area (TPSA) is 3.24 Å². The van der Waals surface area contributed by atoms with Gasteiger partial charge in [-0.25, -0.2) is 0 Å². The Bertz CT molecular complexity index is 3200. The van der Waals surface area contributed by atoms with Crippen LogP contribution in [0.5, 0.6) is 0 Å². The van der Waals surface area contributed by atoms with E-state index in [4.69, 9.17) is 0 Å². The number of hydrogen-bond acceptors (Lipinski definition) is 1. The molecule has 0 aromatic heterocycles. The van der Waals surface area contributed by atoms with Crippen molar-refractivity contribution < 1.29 is 0 Å². The van der Waals surface area contributed by atoms with Crippen LogP contribution >= 0.6 is 0 Å². The van der Waals surface area contributed by atoms with Crippen LogP contribution in [-0.2, 0) is 16.2 Å². The molecule has 0 bridgehead atoms.